The van der Waals surface area contributed by atoms with E-state index in [4.69, 9.17) is 15.0 Å². The van der Waals surface area contributed by atoms with Gasteiger partial charge < -0.3 is 15.0 Å². The zero-order chi connectivity index (χ0) is 9.80. The Hall–Kier alpha value is -0.940. The van der Waals surface area contributed by atoms with Crippen molar-refractivity contribution in [3.05, 3.63) is 11.7 Å². The maximum atomic E-state index is 5.47. The van der Waals surface area contributed by atoms with Gasteiger partial charge in [0.05, 0.1) is 12.5 Å². The molecule has 1 unspecified atom stereocenters. The summed E-state index contributed by atoms with van der Waals surface area (Å²) in [4.78, 5) is 4.23. The van der Waals surface area contributed by atoms with Crippen LogP contribution in [0.25, 0.3) is 0 Å². The van der Waals surface area contributed by atoms with Gasteiger partial charge in [-0.05, 0) is 19.4 Å². The first-order valence-electron chi connectivity index (χ1n) is 5.01. The highest BCUT2D eigenvalue weighted by molar-refractivity contribution is 4.89. The molecule has 0 amide bonds. The van der Waals surface area contributed by atoms with E-state index in [-0.39, 0.29) is 6.10 Å². The largest absolute Gasteiger partial charge is 0.378 e. The summed E-state index contributed by atoms with van der Waals surface area (Å²) in [6.45, 7) is 1.41. The number of aromatic nitrogens is 2. The van der Waals surface area contributed by atoms with E-state index in [1.807, 2.05) is 0 Å². The highest BCUT2D eigenvalue weighted by Gasteiger charge is 2.19. The predicted octanol–water partition coefficient (Wildman–Crippen LogP) is 0.292. The van der Waals surface area contributed by atoms with E-state index in [0.717, 1.165) is 25.9 Å². The SMILES string of the molecule is NCCc1noc(CC2CCCO2)n1. The van der Waals surface area contributed by atoms with Crippen LogP contribution in [0.15, 0.2) is 4.52 Å². The predicted molar refractivity (Wildman–Crippen MR) is 49.7 cm³/mol. The van der Waals surface area contributed by atoms with Gasteiger partial charge in [0.25, 0.3) is 0 Å². The van der Waals surface area contributed by atoms with Crippen LogP contribution in [-0.2, 0) is 17.6 Å². The van der Waals surface area contributed by atoms with Crippen molar-refractivity contribution >= 4 is 0 Å². The molecule has 0 bridgehead atoms. The Morgan fingerprint density at radius 1 is 1.50 bits per heavy atom. The van der Waals surface area contributed by atoms with Crippen molar-refractivity contribution in [2.75, 3.05) is 13.2 Å². The molecule has 1 saturated heterocycles. The lowest BCUT2D eigenvalue weighted by molar-refractivity contribution is 0.104. The van der Waals surface area contributed by atoms with Gasteiger partial charge in [-0.15, -0.1) is 0 Å². The van der Waals surface area contributed by atoms with Crippen LogP contribution in [0.3, 0.4) is 0 Å². The lowest BCUT2D eigenvalue weighted by atomic mass is 10.2. The molecule has 1 atom stereocenters. The molecule has 1 aromatic heterocycles. The van der Waals surface area contributed by atoms with Crippen molar-refractivity contribution in [2.24, 2.45) is 5.73 Å². The second-order valence-electron chi connectivity index (χ2n) is 3.48. The van der Waals surface area contributed by atoms with Gasteiger partial charge in [-0.1, -0.05) is 5.16 Å². The van der Waals surface area contributed by atoms with E-state index in [1.165, 1.54) is 0 Å². The summed E-state index contributed by atoms with van der Waals surface area (Å²) < 4.78 is 10.6. The van der Waals surface area contributed by atoms with Crippen LogP contribution in [0.5, 0.6) is 0 Å². The quantitative estimate of drug-likeness (QED) is 0.751. The Bertz CT molecular complexity index is 281. The molecule has 0 radical (unpaired) electrons. The van der Waals surface area contributed by atoms with E-state index in [1.54, 1.807) is 0 Å². The summed E-state index contributed by atoms with van der Waals surface area (Å²) in [5, 5.41) is 3.83. The first kappa shape index (κ1) is 9.61. The Morgan fingerprint density at radius 3 is 3.14 bits per heavy atom. The van der Waals surface area contributed by atoms with Crippen molar-refractivity contribution < 1.29 is 9.26 Å². The first-order valence-corrected chi connectivity index (χ1v) is 5.01. The molecule has 0 saturated carbocycles. The smallest absolute Gasteiger partial charge is 0.229 e. The molecule has 0 aromatic carbocycles. The van der Waals surface area contributed by atoms with E-state index in [9.17, 15) is 0 Å². The monoisotopic (exact) mass is 197 g/mol. The number of hydrogen-bond donors (Lipinski definition) is 1. The highest BCUT2D eigenvalue weighted by atomic mass is 16.5. The number of ether oxygens (including phenoxy) is 1. The lowest BCUT2D eigenvalue weighted by Crippen LogP contribution is -2.09. The van der Waals surface area contributed by atoms with Crippen molar-refractivity contribution in [3.8, 4) is 0 Å². The van der Waals surface area contributed by atoms with Gasteiger partial charge in [0.1, 0.15) is 0 Å². The molecule has 1 aliphatic heterocycles. The summed E-state index contributed by atoms with van der Waals surface area (Å²) in [6.07, 6.45) is 3.90. The van der Waals surface area contributed by atoms with Gasteiger partial charge in [-0.25, -0.2) is 0 Å². The maximum absolute atomic E-state index is 5.47. The van der Waals surface area contributed by atoms with Gasteiger partial charge in [0.2, 0.25) is 5.89 Å². The zero-order valence-corrected chi connectivity index (χ0v) is 8.11. The fraction of sp³-hybridized carbons (Fsp3) is 0.778. The summed E-state index contributed by atoms with van der Waals surface area (Å²) in [5.74, 6) is 1.36. The van der Waals surface area contributed by atoms with Gasteiger partial charge in [-0.3, -0.25) is 0 Å². The molecule has 5 nitrogen and oxygen atoms in total. The fourth-order valence-electron chi connectivity index (χ4n) is 1.60. The summed E-state index contributed by atoms with van der Waals surface area (Å²) in [7, 11) is 0. The van der Waals surface area contributed by atoms with E-state index >= 15 is 0 Å². The number of hydrogen-bond acceptors (Lipinski definition) is 5. The van der Waals surface area contributed by atoms with Gasteiger partial charge in [-0.2, -0.15) is 4.98 Å². The standard InChI is InChI=1S/C9H15N3O2/c10-4-3-8-11-9(14-12-8)6-7-2-1-5-13-7/h7H,1-6,10H2. The highest BCUT2D eigenvalue weighted by Crippen LogP contribution is 2.16. The molecular weight excluding hydrogens is 182 g/mol. The van der Waals surface area contributed by atoms with Gasteiger partial charge >= 0.3 is 0 Å². The van der Waals surface area contributed by atoms with Crippen LogP contribution in [0, 0.1) is 0 Å². The van der Waals surface area contributed by atoms with Crippen LogP contribution in [0.1, 0.15) is 24.6 Å². The third kappa shape index (κ3) is 2.30. The van der Waals surface area contributed by atoms with Gasteiger partial charge in [0.15, 0.2) is 5.82 Å². The molecular formula is C9H15N3O2. The van der Waals surface area contributed by atoms with E-state index < -0.39 is 0 Å². The minimum Gasteiger partial charge on any atom is -0.378 e. The van der Waals surface area contributed by atoms with Crippen LogP contribution in [0.4, 0.5) is 0 Å². The Labute approximate surface area is 82.6 Å². The normalized spacial score (nSPS) is 21.6. The minimum atomic E-state index is 0.265. The summed E-state index contributed by atoms with van der Waals surface area (Å²) >= 11 is 0. The zero-order valence-electron chi connectivity index (χ0n) is 8.11. The van der Waals surface area contributed by atoms with Crippen molar-refractivity contribution in [1.82, 2.24) is 10.1 Å². The van der Waals surface area contributed by atoms with Crippen molar-refractivity contribution in [2.45, 2.75) is 31.8 Å². The molecule has 5 heteroatoms. The second kappa shape index (κ2) is 4.52. The van der Waals surface area contributed by atoms with Crippen LogP contribution in [0.2, 0.25) is 0 Å². The third-order valence-electron chi connectivity index (χ3n) is 2.30. The number of rotatable bonds is 4. The molecule has 78 valence electrons. The molecule has 1 aromatic rings. The van der Waals surface area contributed by atoms with Crippen LogP contribution < -0.4 is 5.73 Å². The molecule has 2 rings (SSSR count). The first-order chi connectivity index (χ1) is 6.88. The van der Waals surface area contributed by atoms with Gasteiger partial charge in [0, 0.05) is 13.0 Å². The molecule has 2 N–H and O–H groups in total. The van der Waals surface area contributed by atoms with Crippen LogP contribution >= 0.6 is 0 Å². The van der Waals surface area contributed by atoms with Crippen molar-refractivity contribution in [1.29, 1.82) is 0 Å². The summed E-state index contributed by atoms with van der Waals surface area (Å²) in [5.41, 5.74) is 5.39. The average molecular weight is 197 g/mol. The Balaban J connectivity index is 1.88. The molecule has 1 fully saturated rings. The Kier molecular flexibility index (Phi) is 3.10. The van der Waals surface area contributed by atoms with Crippen molar-refractivity contribution in [3.63, 3.8) is 0 Å². The third-order valence-corrected chi connectivity index (χ3v) is 2.30. The lowest BCUT2D eigenvalue weighted by Gasteiger charge is -2.03. The molecule has 0 aliphatic carbocycles. The average Bonchev–Trinajstić information content (AvgIpc) is 2.79. The maximum Gasteiger partial charge on any atom is 0.229 e. The second-order valence-corrected chi connectivity index (χ2v) is 3.48. The number of nitrogens with zero attached hydrogens (tertiary/aromatic N) is 2. The van der Waals surface area contributed by atoms with Crippen LogP contribution in [-0.4, -0.2) is 29.4 Å². The molecule has 1 aliphatic rings. The fourth-order valence-corrected chi connectivity index (χ4v) is 1.60. The topological polar surface area (TPSA) is 74.2 Å². The molecule has 2 heterocycles. The Morgan fingerprint density at radius 2 is 2.43 bits per heavy atom. The minimum absolute atomic E-state index is 0.265. The van der Waals surface area contributed by atoms with E-state index in [2.05, 4.69) is 10.1 Å². The molecule has 14 heavy (non-hydrogen) atoms. The summed E-state index contributed by atoms with van der Waals surface area (Å²) in [6, 6.07) is 0. The van der Waals surface area contributed by atoms with E-state index in [0.29, 0.717) is 24.7 Å². The number of nitrogens with two attached hydrogens (primary N) is 1. The molecule has 0 spiro atoms.